The Labute approximate surface area is 166 Å². The number of aliphatic hydroxyl groups excluding tert-OH is 1. The van der Waals surface area contributed by atoms with Gasteiger partial charge in [-0.2, -0.15) is 17.5 Å². The van der Waals surface area contributed by atoms with Gasteiger partial charge in [0.15, 0.2) is 0 Å². The molecule has 0 fully saturated rings. The Hall–Kier alpha value is -0.283. The lowest BCUT2D eigenvalue weighted by Gasteiger charge is -2.28. The first kappa shape index (κ1) is 27.7. The zero-order valence-electron chi connectivity index (χ0n) is 16.8. The second-order valence-corrected chi connectivity index (χ2v) is 10.4. The molecule has 13 heteroatoms. The van der Waals surface area contributed by atoms with Gasteiger partial charge in [-0.25, -0.2) is 8.42 Å². The smallest absolute Gasteiger partial charge is 0.389 e. The number of rotatable bonds is 16. The van der Waals surface area contributed by atoms with Gasteiger partial charge in [0, 0.05) is 45.6 Å². The minimum Gasteiger partial charge on any atom is -0.389 e. The van der Waals surface area contributed by atoms with Crippen molar-refractivity contribution >= 4 is 18.8 Å². The molecule has 0 aromatic heterocycles. The number of sulfonamides is 1. The SMILES string of the molecule is CCO[Si](CCCOCC(O)CN(CC)S(=O)(=O)C(F)(F)F)(OCC)OCC. The molecule has 0 aliphatic carbocycles. The van der Waals surface area contributed by atoms with Gasteiger partial charge in [-0.3, -0.25) is 0 Å². The molecule has 0 aromatic carbocycles. The summed E-state index contributed by atoms with van der Waals surface area (Å²) in [5.74, 6) is 0. The van der Waals surface area contributed by atoms with E-state index in [4.69, 9.17) is 18.0 Å². The van der Waals surface area contributed by atoms with Gasteiger partial charge in [0.25, 0.3) is 0 Å². The van der Waals surface area contributed by atoms with Crippen LogP contribution in [-0.2, 0) is 28.0 Å². The summed E-state index contributed by atoms with van der Waals surface area (Å²) in [5.41, 5.74) is -5.41. The molecule has 1 unspecified atom stereocenters. The minimum atomic E-state index is -5.48. The second kappa shape index (κ2) is 13.1. The van der Waals surface area contributed by atoms with Crippen molar-refractivity contribution in [2.45, 2.75) is 51.8 Å². The van der Waals surface area contributed by atoms with Crippen molar-refractivity contribution in [2.75, 3.05) is 46.1 Å². The predicted molar refractivity (Wildman–Crippen MR) is 99.1 cm³/mol. The summed E-state index contributed by atoms with van der Waals surface area (Å²) in [6, 6.07) is 0.488. The van der Waals surface area contributed by atoms with Gasteiger partial charge in [0.1, 0.15) is 0 Å². The Morgan fingerprint density at radius 1 is 1.04 bits per heavy atom. The van der Waals surface area contributed by atoms with Crippen molar-refractivity contribution in [3.8, 4) is 0 Å². The lowest BCUT2D eigenvalue weighted by atomic mass is 10.4. The van der Waals surface area contributed by atoms with Crippen LogP contribution in [0.5, 0.6) is 0 Å². The quantitative estimate of drug-likeness (QED) is 0.281. The van der Waals surface area contributed by atoms with Crippen LogP contribution in [0.15, 0.2) is 0 Å². The number of hydrogen-bond acceptors (Lipinski definition) is 7. The monoisotopic (exact) mass is 455 g/mol. The highest BCUT2D eigenvalue weighted by atomic mass is 32.2. The third-order valence-corrected chi connectivity index (χ3v) is 8.40. The van der Waals surface area contributed by atoms with Crippen molar-refractivity contribution < 1.29 is 44.7 Å². The zero-order chi connectivity index (χ0) is 21.8. The van der Waals surface area contributed by atoms with E-state index in [0.29, 0.717) is 32.3 Å². The number of nitrogens with zero attached hydrogens (tertiary/aromatic N) is 1. The summed E-state index contributed by atoms with van der Waals surface area (Å²) in [6.45, 7) is 6.86. The van der Waals surface area contributed by atoms with E-state index in [2.05, 4.69) is 0 Å². The molecule has 170 valence electrons. The molecule has 0 aliphatic rings. The molecular weight excluding hydrogens is 423 g/mol. The Kier molecular flexibility index (Phi) is 13.0. The fourth-order valence-electron chi connectivity index (χ4n) is 2.44. The van der Waals surface area contributed by atoms with Crippen LogP contribution in [0.4, 0.5) is 13.2 Å². The van der Waals surface area contributed by atoms with Crippen LogP contribution in [-0.4, -0.2) is 84.4 Å². The second-order valence-electron chi connectivity index (χ2n) is 5.72. The molecule has 0 radical (unpaired) electrons. The molecule has 28 heavy (non-hydrogen) atoms. The molecular formula is C15H32F3NO7SSi. The molecule has 0 rings (SSSR count). The van der Waals surface area contributed by atoms with Crippen molar-refractivity contribution in [2.24, 2.45) is 0 Å². The summed E-state index contributed by atoms with van der Waals surface area (Å²) in [6.07, 6.45) is -0.887. The first-order chi connectivity index (χ1) is 13.0. The Balaban J connectivity index is 4.48. The van der Waals surface area contributed by atoms with Crippen molar-refractivity contribution in [3.05, 3.63) is 0 Å². The maximum Gasteiger partial charge on any atom is 0.511 e. The number of ether oxygens (including phenoxy) is 1. The van der Waals surface area contributed by atoms with E-state index in [1.807, 2.05) is 20.8 Å². The van der Waals surface area contributed by atoms with Crippen molar-refractivity contribution in [1.29, 1.82) is 0 Å². The van der Waals surface area contributed by atoms with Gasteiger partial charge >= 0.3 is 24.3 Å². The molecule has 1 atom stereocenters. The highest BCUT2D eigenvalue weighted by Crippen LogP contribution is 2.26. The van der Waals surface area contributed by atoms with Crippen LogP contribution in [0.25, 0.3) is 0 Å². The van der Waals surface area contributed by atoms with Crippen molar-refractivity contribution in [3.63, 3.8) is 0 Å². The molecule has 0 spiro atoms. The highest BCUT2D eigenvalue weighted by Gasteiger charge is 2.49. The van der Waals surface area contributed by atoms with Crippen molar-refractivity contribution in [1.82, 2.24) is 4.31 Å². The van der Waals surface area contributed by atoms with Gasteiger partial charge in [-0.1, -0.05) is 6.92 Å². The van der Waals surface area contributed by atoms with E-state index in [1.165, 1.54) is 6.92 Å². The fourth-order valence-corrected chi connectivity index (χ4v) is 6.02. The summed E-state index contributed by atoms with van der Waals surface area (Å²) < 4.78 is 83.1. The molecule has 0 amide bonds. The molecule has 0 aromatic rings. The lowest BCUT2D eigenvalue weighted by Crippen LogP contribution is -2.46. The number of alkyl halides is 3. The molecule has 0 bridgehead atoms. The Bertz CT molecular complexity index is 505. The number of hydrogen-bond donors (Lipinski definition) is 1. The van der Waals surface area contributed by atoms with E-state index < -0.39 is 43.5 Å². The topological polar surface area (TPSA) is 94.5 Å². The van der Waals surface area contributed by atoms with Crippen LogP contribution in [0.2, 0.25) is 6.04 Å². The van der Waals surface area contributed by atoms with Crippen LogP contribution < -0.4 is 0 Å². The third kappa shape index (κ3) is 9.03. The minimum absolute atomic E-state index is 0.179. The molecule has 1 N–H and O–H groups in total. The van der Waals surface area contributed by atoms with Crippen LogP contribution in [0.3, 0.4) is 0 Å². The zero-order valence-corrected chi connectivity index (χ0v) is 18.6. The highest BCUT2D eigenvalue weighted by molar-refractivity contribution is 7.90. The largest absolute Gasteiger partial charge is 0.511 e. The number of halogens is 3. The van der Waals surface area contributed by atoms with Crippen LogP contribution >= 0.6 is 0 Å². The summed E-state index contributed by atoms with van der Waals surface area (Å²) in [4.78, 5) is 0. The van der Waals surface area contributed by atoms with Gasteiger partial charge in [-0.05, 0) is 27.2 Å². The normalized spacial score (nSPS) is 14.6. The first-order valence-electron chi connectivity index (χ1n) is 9.23. The molecule has 8 nitrogen and oxygen atoms in total. The number of aliphatic hydroxyl groups is 1. The van der Waals surface area contributed by atoms with E-state index >= 15 is 0 Å². The van der Waals surface area contributed by atoms with Gasteiger partial charge < -0.3 is 23.1 Å². The van der Waals surface area contributed by atoms with E-state index in [1.54, 1.807) is 0 Å². The Morgan fingerprint density at radius 3 is 1.93 bits per heavy atom. The lowest BCUT2D eigenvalue weighted by molar-refractivity contribution is -0.0505. The molecule has 0 saturated heterocycles. The summed E-state index contributed by atoms with van der Waals surface area (Å²) >= 11 is 0. The van der Waals surface area contributed by atoms with Crippen LogP contribution in [0.1, 0.15) is 34.1 Å². The van der Waals surface area contributed by atoms with E-state index in [0.717, 1.165) is 0 Å². The maximum atomic E-state index is 12.6. The number of likely N-dealkylation sites (N-methyl/N-ethyl adjacent to an activating group) is 1. The maximum absolute atomic E-state index is 12.6. The average Bonchev–Trinajstić information content (AvgIpc) is 2.59. The summed E-state index contributed by atoms with van der Waals surface area (Å²) in [7, 11) is -8.29. The van der Waals surface area contributed by atoms with E-state index in [9.17, 15) is 26.7 Å². The van der Waals surface area contributed by atoms with Gasteiger partial charge in [-0.15, -0.1) is 0 Å². The first-order valence-corrected chi connectivity index (χ1v) is 12.6. The van der Waals surface area contributed by atoms with Gasteiger partial charge in [0.05, 0.1) is 12.7 Å². The molecule has 0 heterocycles. The summed E-state index contributed by atoms with van der Waals surface area (Å²) in [5, 5.41) is 9.83. The predicted octanol–water partition coefficient (Wildman–Crippen LogP) is 1.97. The fraction of sp³-hybridized carbons (Fsp3) is 1.00. The van der Waals surface area contributed by atoms with Crippen LogP contribution in [0, 0.1) is 0 Å². The third-order valence-electron chi connectivity index (χ3n) is 3.57. The molecule has 0 saturated carbocycles. The van der Waals surface area contributed by atoms with Gasteiger partial charge in [0.2, 0.25) is 0 Å². The van der Waals surface area contributed by atoms with E-state index in [-0.39, 0.29) is 17.5 Å². The Morgan fingerprint density at radius 2 is 1.54 bits per heavy atom. The average molecular weight is 456 g/mol. The standard InChI is InChI=1S/C15H32F3NO7SSi/c1-5-19(27(21,22)15(16,17)18)12-14(20)13-23-10-9-11-28(24-6-2,25-7-3)26-8-4/h14,20H,5-13H2,1-4H3. The molecule has 0 aliphatic heterocycles.